The van der Waals surface area contributed by atoms with Crippen LogP contribution in [0.4, 0.5) is 0 Å². The maximum atomic E-state index is 8.82. The average Bonchev–Trinajstić information content (AvgIpc) is 2.45. The van der Waals surface area contributed by atoms with Gasteiger partial charge in [0.2, 0.25) is 0 Å². The Bertz CT molecular complexity index is 573. The molecule has 18 heavy (non-hydrogen) atoms. The van der Waals surface area contributed by atoms with E-state index in [4.69, 9.17) is 14.7 Å². The van der Waals surface area contributed by atoms with Gasteiger partial charge < -0.3 is 9.47 Å². The van der Waals surface area contributed by atoms with Gasteiger partial charge in [-0.1, -0.05) is 24.3 Å². The van der Waals surface area contributed by atoms with Gasteiger partial charge in [0.15, 0.2) is 11.5 Å². The van der Waals surface area contributed by atoms with E-state index < -0.39 is 0 Å². The highest BCUT2D eigenvalue weighted by molar-refractivity contribution is 5.39. The Labute approximate surface area is 106 Å². The molecule has 0 saturated heterocycles. The molecule has 3 heteroatoms. The average molecular weight is 239 g/mol. The summed E-state index contributed by atoms with van der Waals surface area (Å²) in [4.78, 5) is 0. The van der Waals surface area contributed by atoms with E-state index in [1.54, 1.807) is 13.2 Å². The topological polar surface area (TPSA) is 42.2 Å². The van der Waals surface area contributed by atoms with Crippen LogP contribution in [-0.2, 0) is 6.61 Å². The molecular formula is C15H13NO2. The van der Waals surface area contributed by atoms with Gasteiger partial charge in [-0.3, -0.25) is 0 Å². The minimum Gasteiger partial charge on any atom is -0.493 e. The van der Waals surface area contributed by atoms with E-state index in [0.717, 1.165) is 5.56 Å². The van der Waals surface area contributed by atoms with Crippen molar-refractivity contribution < 1.29 is 9.47 Å². The van der Waals surface area contributed by atoms with E-state index in [1.807, 2.05) is 42.5 Å². The van der Waals surface area contributed by atoms with Gasteiger partial charge in [0.1, 0.15) is 6.61 Å². The molecule has 0 aliphatic rings. The fourth-order valence-corrected chi connectivity index (χ4v) is 1.63. The molecular weight excluding hydrogens is 226 g/mol. The van der Waals surface area contributed by atoms with Crippen molar-refractivity contribution >= 4 is 0 Å². The lowest BCUT2D eigenvalue weighted by Crippen LogP contribution is -1.97. The summed E-state index contributed by atoms with van der Waals surface area (Å²) in [6, 6.07) is 17.0. The van der Waals surface area contributed by atoms with Crippen molar-refractivity contribution in [2.45, 2.75) is 6.61 Å². The molecule has 0 saturated carbocycles. The molecule has 0 N–H and O–H groups in total. The molecule has 2 rings (SSSR count). The molecule has 0 fully saturated rings. The first kappa shape index (κ1) is 12.0. The van der Waals surface area contributed by atoms with Gasteiger partial charge in [0.25, 0.3) is 0 Å². The molecule has 3 nitrogen and oxygen atoms in total. The summed E-state index contributed by atoms with van der Waals surface area (Å²) in [7, 11) is 1.61. The second-order valence-electron chi connectivity index (χ2n) is 3.75. The Morgan fingerprint density at radius 1 is 1.06 bits per heavy atom. The summed E-state index contributed by atoms with van der Waals surface area (Å²) in [5, 5.41) is 8.82. The third-order valence-corrected chi connectivity index (χ3v) is 2.52. The maximum Gasteiger partial charge on any atom is 0.161 e. The molecule has 0 aliphatic carbocycles. The highest BCUT2D eigenvalue weighted by Crippen LogP contribution is 2.26. The smallest absolute Gasteiger partial charge is 0.161 e. The van der Waals surface area contributed by atoms with Crippen LogP contribution < -0.4 is 9.47 Å². The van der Waals surface area contributed by atoms with Crippen LogP contribution in [0.25, 0.3) is 0 Å². The molecule has 2 aromatic carbocycles. The standard InChI is InChI=1S/C15H13NO2/c1-17-14-7-2-3-8-15(14)18-11-13-6-4-5-12(9-13)10-16/h2-9H,11H2,1H3. The number of benzene rings is 2. The molecule has 0 amide bonds. The largest absolute Gasteiger partial charge is 0.493 e. The summed E-state index contributed by atoms with van der Waals surface area (Å²) in [6.45, 7) is 0.413. The van der Waals surface area contributed by atoms with E-state index in [0.29, 0.717) is 23.7 Å². The van der Waals surface area contributed by atoms with Gasteiger partial charge in [-0.2, -0.15) is 5.26 Å². The lowest BCUT2D eigenvalue weighted by atomic mass is 10.1. The zero-order chi connectivity index (χ0) is 12.8. The molecule has 0 aromatic heterocycles. The first-order chi connectivity index (χ1) is 8.83. The van der Waals surface area contributed by atoms with Gasteiger partial charge in [0, 0.05) is 0 Å². The van der Waals surface area contributed by atoms with E-state index in [2.05, 4.69) is 6.07 Å². The summed E-state index contributed by atoms with van der Waals surface area (Å²) in [5.74, 6) is 1.40. The quantitative estimate of drug-likeness (QED) is 0.823. The number of rotatable bonds is 4. The monoisotopic (exact) mass is 239 g/mol. The van der Waals surface area contributed by atoms with Crippen LogP contribution in [0, 0.1) is 11.3 Å². The van der Waals surface area contributed by atoms with E-state index in [-0.39, 0.29) is 0 Å². The molecule has 0 radical (unpaired) electrons. The van der Waals surface area contributed by atoms with Crippen molar-refractivity contribution in [3.05, 3.63) is 59.7 Å². The van der Waals surface area contributed by atoms with Crippen molar-refractivity contribution in [1.82, 2.24) is 0 Å². The highest BCUT2D eigenvalue weighted by Gasteiger charge is 2.03. The number of methoxy groups -OCH3 is 1. The summed E-state index contributed by atoms with van der Waals surface area (Å²) in [5.41, 5.74) is 1.59. The number of nitriles is 1. The summed E-state index contributed by atoms with van der Waals surface area (Å²) in [6.07, 6.45) is 0. The van der Waals surface area contributed by atoms with Crippen molar-refractivity contribution in [2.24, 2.45) is 0 Å². The summed E-state index contributed by atoms with van der Waals surface area (Å²) < 4.78 is 10.9. The highest BCUT2D eigenvalue weighted by atomic mass is 16.5. The van der Waals surface area contributed by atoms with Crippen molar-refractivity contribution in [2.75, 3.05) is 7.11 Å². The minimum absolute atomic E-state index is 0.413. The van der Waals surface area contributed by atoms with Crippen LogP contribution in [0.3, 0.4) is 0 Å². The zero-order valence-electron chi connectivity index (χ0n) is 10.1. The Morgan fingerprint density at radius 3 is 2.56 bits per heavy atom. The minimum atomic E-state index is 0.413. The second-order valence-corrected chi connectivity index (χ2v) is 3.75. The molecule has 0 heterocycles. The number of hydrogen-bond acceptors (Lipinski definition) is 3. The maximum absolute atomic E-state index is 8.82. The SMILES string of the molecule is COc1ccccc1OCc1cccc(C#N)c1. The molecule has 90 valence electrons. The van der Waals surface area contributed by atoms with Crippen LogP contribution in [-0.4, -0.2) is 7.11 Å². The number of hydrogen-bond donors (Lipinski definition) is 0. The van der Waals surface area contributed by atoms with Gasteiger partial charge in [-0.15, -0.1) is 0 Å². The Morgan fingerprint density at radius 2 is 1.83 bits per heavy atom. The first-order valence-corrected chi connectivity index (χ1v) is 5.58. The Balaban J connectivity index is 2.09. The van der Waals surface area contributed by atoms with Crippen molar-refractivity contribution in [3.8, 4) is 17.6 Å². The van der Waals surface area contributed by atoms with Crippen LogP contribution >= 0.6 is 0 Å². The van der Waals surface area contributed by atoms with E-state index >= 15 is 0 Å². The van der Waals surface area contributed by atoms with Crippen molar-refractivity contribution in [3.63, 3.8) is 0 Å². The first-order valence-electron chi connectivity index (χ1n) is 5.58. The molecule has 0 bridgehead atoms. The fourth-order valence-electron chi connectivity index (χ4n) is 1.63. The fraction of sp³-hybridized carbons (Fsp3) is 0.133. The van der Waals surface area contributed by atoms with Crippen LogP contribution in [0.2, 0.25) is 0 Å². The Hall–Kier alpha value is -2.47. The Kier molecular flexibility index (Phi) is 3.83. The summed E-state index contributed by atoms with van der Waals surface area (Å²) >= 11 is 0. The third-order valence-electron chi connectivity index (χ3n) is 2.52. The van der Waals surface area contributed by atoms with Crippen molar-refractivity contribution in [1.29, 1.82) is 5.26 Å². The van der Waals surface area contributed by atoms with Gasteiger partial charge in [-0.05, 0) is 29.8 Å². The molecule has 0 aliphatic heterocycles. The zero-order valence-corrected chi connectivity index (χ0v) is 10.1. The van der Waals surface area contributed by atoms with Crippen LogP contribution in [0.15, 0.2) is 48.5 Å². The van der Waals surface area contributed by atoms with Crippen LogP contribution in [0.5, 0.6) is 11.5 Å². The number of ether oxygens (including phenoxy) is 2. The van der Waals surface area contributed by atoms with E-state index in [9.17, 15) is 0 Å². The van der Waals surface area contributed by atoms with Gasteiger partial charge in [0.05, 0.1) is 18.7 Å². The molecule has 0 spiro atoms. The van der Waals surface area contributed by atoms with Gasteiger partial charge >= 0.3 is 0 Å². The lowest BCUT2D eigenvalue weighted by Gasteiger charge is -2.10. The number of para-hydroxylation sites is 2. The van der Waals surface area contributed by atoms with E-state index in [1.165, 1.54) is 0 Å². The predicted molar refractivity (Wildman–Crippen MR) is 68.5 cm³/mol. The molecule has 0 atom stereocenters. The lowest BCUT2D eigenvalue weighted by molar-refractivity contribution is 0.284. The molecule has 2 aromatic rings. The van der Waals surface area contributed by atoms with Gasteiger partial charge in [-0.25, -0.2) is 0 Å². The number of nitrogens with zero attached hydrogens (tertiary/aromatic N) is 1. The molecule has 0 unspecified atom stereocenters. The normalized spacial score (nSPS) is 9.56. The predicted octanol–water partition coefficient (Wildman–Crippen LogP) is 3.15. The van der Waals surface area contributed by atoms with Crippen LogP contribution in [0.1, 0.15) is 11.1 Å². The second kappa shape index (κ2) is 5.74. The third kappa shape index (κ3) is 2.80.